The minimum atomic E-state index is -3.61. The maximum atomic E-state index is 12.4. The summed E-state index contributed by atoms with van der Waals surface area (Å²) in [5.41, 5.74) is 6.00. The van der Waals surface area contributed by atoms with Gasteiger partial charge in [-0.3, -0.25) is 0 Å². The molecule has 0 saturated heterocycles. The van der Waals surface area contributed by atoms with Gasteiger partial charge in [-0.05, 0) is 25.1 Å². The minimum absolute atomic E-state index is 0.0710. The summed E-state index contributed by atoms with van der Waals surface area (Å²) in [4.78, 5) is 0.0710. The van der Waals surface area contributed by atoms with Gasteiger partial charge in [0, 0.05) is 25.4 Å². The summed E-state index contributed by atoms with van der Waals surface area (Å²) in [6, 6.07) is 4.39. The molecule has 0 heterocycles. The third-order valence-corrected chi connectivity index (χ3v) is 5.07. The average Bonchev–Trinajstić information content (AvgIpc) is 2.33. The van der Waals surface area contributed by atoms with Gasteiger partial charge in [0.1, 0.15) is 4.90 Å². The van der Waals surface area contributed by atoms with Gasteiger partial charge in [-0.25, -0.2) is 8.42 Å². The second-order valence-electron chi connectivity index (χ2n) is 3.88. The van der Waals surface area contributed by atoms with E-state index in [9.17, 15) is 8.42 Å². The molecule has 0 amide bonds. The van der Waals surface area contributed by atoms with Crippen LogP contribution in [0.1, 0.15) is 13.8 Å². The Hall–Kier alpha value is -0.820. The van der Waals surface area contributed by atoms with Crippen LogP contribution in [-0.2, 0) is 14.8 Å². The molecule has 0 radical (unpaired) electrons. The molecule has 0 aliphatic carbocycles. The van der Waals surface area contributed by atoms with Crippen molar-refractivity contribution in [3.63, 3.8) is 0 Å². The Morgan fingerprint density at radius 2 is 2.05 bits per heavy atom. The van der Waals surface area contributed by atoms with Gasteiger partial charge < -0.3 is 10.5 Å². The number of nitrogen functional groups attached to an aromatic ring is 1. The van der Waals surface area contributed by atoms with E-state index in [2.05, 4.69) is 0 Å². The zero-order chi connectivity index (χ0) is 14.5. The van der Waals surface area contributed by atoms with E-state index in [1.807, 2.05) is 6.92 Å². The highest BCUT2D eigenvalue weighted by atomic mass is 35.5. The van der Waals surface area contributed by atoms with Gasteiger partial charge in [0.05, 0.1) is 11.6 Å². The second kappa shape index (κ2) is 7.09. The molecule has 1 aromatic rings. The Balaban J connectivity index is 2.99. The number of ether oxygens (including phenoxy) is 1. The second-order valence-corrected chi connectivity index (χ2v) is 6.20. The van der Waals surface area contributed by atoms with E-state index < -0.39 is 10.0 Å². The third-order valence-electron chi connectivity index (χ3n) is 2.62. The van der Waals surface area contributed by atoms with Crippen molar-refractivity contribution in [3.05, 3.63) is 23.2 Å². The lowest BCUT2D eigenvalue weighted by molar-refractivity contribution is 0.135. The standard InChI is InChI=1S/C12H19ClN2O3S/c1-3-15(7-8-18-4-2)19(16,17)12-6-5-10(14)9-11(12)13/h5-6,9H,3-4,7-8,14H2,1-2H3. The summed E-state index contributed by atoms with van der Waals surface area (Å²) < 4.78 is 31.4. The molecule has 1 rings (SSSR count). The molecule has 7 heteroatoms. The molecule has 0 aliphatic rings. The Labute approximate surface area is 119 Å². The zero-order valence-corrected chi connectivity index (χ0v) is 12.7. The SMILES string of the molecule is CCOCCN(CC)S(=O)(=O)c1ccc(N)cc1Cl. The molecule has 0 saturated carbocycles. The van der Waals surface area contributed by atoms with Gasteiger partial charge in [-0.1, -0.05) is 18.5 Å². The van der Waals surface area contributed by atoms with Gasteiger partial charge in [0.2, 0.25) is 10.0 Å². The first-order chi connectivity index (χ1) is 8.93. The van der Waals surface area contributed by atoms with Crippen LogP contribution in [0.5, 0.6) is 0 Å². The zero-order valence-electron chi connectivity index (χ0n) is 11.1. The summed E-state index contributed by atoms with van der Waals surface area (Å²) in [6.45, 7) is 5.20. The van der Waals surface area contributed by atoms with E-state index in [-0.39, 0.29) is 9.92 Å². The molecule has 0 bridgehead atoms. The molecule has 5 nitrogen and oxygen atoms in total. The van der Waals surface area contributed by atoms with Crippen LogP contribution in [0.15, 0.2) is 23.1 Å². The lowest BCUT2D eigenvalue weighted by atomic mass is 10.3. The third kappa shape index (κ3) is 4.07. The van der Waals surface area contributed by atoms with E-state index in [0.717, 1.165) is 0 Å². The van der Waals surface area contributed by atoms with Crippen LogP contribution in [0.25, 0.3) is 0 Å². The fourth-order valence-electron chi connectivity index (χ4n) is 1.62. The number of benzene rings is 1. The fourth-order valence-corrected chi connectivity index (χ4v) is 3.58. The predicted octanol–water partition coefficient (Wildman–Crippen LogP) is 1.97. The van der Waals surface area contributed by atoms with Crippen molar-refractivity contribution in [2.45, 2.75) is 18.7 Å². The summed E-state index contributed by atoms with van der Waals surface area (Å²) in [5.74, 6) is 0. The molecule has 0 atom stereocenters. The molecular weight excluding hydrogens is 288 g/mol. The van der Waals surface area contributed by atoms with E-state index in [4.69, 9.17) is 22.1 Å². The van der Waals surface area contributed by atoms with E-state index in [1.54, 1.807) is 6.92 Å². The van der Waals surface area contributed by atoms with Crippen molar-refractivity contribution in [3.8, 4) is 0 Å². The first-order valence-corrected chi connectivity index (χ1v) is 7.88. The van der Waals surface area contributed by atoms with Crippen LogP contribution in [0, 0.1) is 0 Å². The number of likely N-dealkylation sites (N-methyl/N-ethyl adjacent to an activating group) is 1. The highest BCUT2D eigenvalue weighted by Crippen LogP contribution is 2.26. The van der Waals surface area contributed by atoms with Crippen LogP contribution < -0.4 is 5.73 Å². The summed E-state index contributed by atoms with van der Waals surface area (Å²) in [6.07, 6.45) is 0. The smallest absolute Gasteiger partial charge is 0.244 e. The topological polar surface area (TPSA) is 72.6 Å². The van der Waals surface area contributed by atoms with Crippen LogP contribution >= 0.6 is 11.6 Å². The molecular formula is C12H19ClN2O3S. The highest BCUT2D eigenvalue weighted by Gasteiger charge is 2.25. The Bertz CT molecular complexity index is 520. The lowest BCUT2D eigenvalue weighted by Crippen LogP contribution is -2.34. The van der Waals surface area contributed by atoms with Gasteiger partial charge >= 0.3 is 0 Å². The number of anilines is 1. The normalized spacial score (nSPS) is 12.0. The fraction of sp³-hybridized carbons (Fsp3) is 0.500. The largest absolute Gasteiger partial charge is 0.399 e. The molecule has 1 aromatic carbocycles. The number of halogens is 1. The average molecular weight is 307 g/mol. The number of rotatable bonds is 7. The number of nitrogens with zero attached hydrogens (tertiary/aromatic N) is 1. The van der Waals surface area contributed by atoms with Gasteiger partial charge in [-0.2, -0.15) is 4.31 Å². The van der Waals surface area contributed by atoms with Gasteiger partial charge in [0.15, 0.2) is 0 Å². The van der Waals surface area contributed by atoms with Crippen LogP contribution in [0.3, 0.4) is 0 Å². The molecule has 0 aromatic heterocycles. The van der Waals surface area contributed by atoms with Crippen molar-refractivity contribution in [1.29, 1.82) is 0 Å². The van der Waals surface area contributed by atoms with E-state index in [0.29, 0.717) is 32.0 Å². The summed E-state index contributed by atoms with van der Waals surface area (Å²) >= 11 is 5.96. The molecule has 0 spiro atoms. The Morgan fingerprint density at radius 3 is 2.58 bits per heavy atom. The van der Waals surface area contributed by atoms with E-state index in [1.165, 1.54) is 22.5 Å². The van der Waals surface area contributed by atoms with Crippen molar-refractivity contribution >= 4 is 27.3 Å². The maximum Gasteiger partial charge on any atom is 0.244 e. The highest BCUT2D eigenvalue weighted by molar-refractivity contribution is 7.89. The molecule has 108 valence electrons. The molecule has 0 fully saturated rings. The summed E-state index contributed by atoms with van der Waals surface area (Å²) in [5, 5.41) is 0.134. The quantitative estimate of drug-likeness (QED) is 0.617. The lowest BCUT2D eigenvalue weighted by Gasteiger charge is -2.21. The molecule has 0 aliphatic heterocycles. The molecule has 2 N–H and O–H groups in total. The van der Waals surface area contributed by atoms with E-state index >= 15 is 0 Å². The predicted molar refractivity (Wildman–Crippen MR) is 76.8 cm³/mol. The number of hydrogen-bond acceptors (Lipinski definition) is 4. The first kappa shape index (κ1) is 16.2. The van der Waals surface area contributed by atoms with Gasteiger partial charge in [0.25, 0.3) is 0 Å². The van der Waals surface area contributed by atoms with Gasteiger partial charge in [-0.15, -0.1) is 0 Å². The number of nitrogens with two attached hydrogens (primary N) is 1. The molecule has 19 heavy (non-hydrogen) atoms. The Kier molecular flexibility index (Phi) is 6.06. The first-order valence-electron chi connectivity index (χ1n) is 6.06. The van der Waals surface area contributed by atoms with Crippen LogP contribution in [0.4, 0.5) is 5.69 Å². The Morgan fingerprint density at radius 1 is 1.37 bits per heavy atom. The monoisotopic (exact) mass is 306 g/mol. The minimum Gasteiger partial charge on any atom is -0.399 e. The number of hydrogen-bond donors (Lipinski definition) is 1. The van der Waals surface area contributed by atoms with Crippen molar-refractivity contribution < 1.29 is 13.2 Å². The maximum absolute atomic E-state index is 12.4. The number of sulfonamides is 1. The molecule has 0 unspecified atom stereocenters. The van der Waals surface area contributed by atoms with Crippen LogP contribution in [0.2, 0.25) is 5.02 Å². The van der Waals surface area contributed by atoms with Crippen molar-refractivity contribution in [2.24, 2.45) is 0 Å². The van der Waals surface area contributed by atoms with Crippen molar-refractivity contribution in [1.82, 2.24) is 4.31 Å². The van der Waals surface area contributed by atoms with Crippen molar-refractivity contribution in [2.75, 3.05) is 32.0 Å². The summed E-state index contributed by atoms with van der Waals surface area (Å²) in [7, 11) is -3.61. The van der Waals surface area contributed by atoms with Crippen LogP contribution in [-0.4, -0.2) is 39.0 Å².